The number of nitrogens with zero attached hydrogens (tertiary/aromatic N) is 4. The number of phenolic OH excluding ortho intramolecular Hbond substituents is 1. The Morgan fingerprint density at radius 3 is 2.69 bits per heavy atom. The van der Waals surface area contributed by atoms with Crippen LogP contribution >= 0.6 is 11.8 Å². The Balaban J connectivity index is 1.78. The van der Waals surface area contributed by atoms with E-state index in [0.29, 0.717) is 16.5 Å². The number of hydrazone groups is 1. The minimum absolute atomic E-state index is 0.0972. The van der Waals surface area contributed by atoms with Gasteiger partial charge in [0.2, 0.25) is 5.88 Å². The average Bonchev–Trinajstić information content (AvgIpc) is 3.19. The van der Waals surface area contributed by atoms with E-state index in [2.05, 4.69) is 15.1 Å². The number of aryl methyl sites for hydroxylation is 1. The molecule has 0 spiro atoms. The first-order valence-corrected chi connectivity index (χ1v) is 9.75. The normalized spacial score (nSPS) is 15.9. The van der Waals surface area contributed by atoms with Gasteiger partial charge in [-0.2, -0.15) is 5.10 Å². The van der Waals surface area contributed by atoms with Crippen LogP contribution in [0.1, 0.15) is 32.6 Å². The minimum Gasteiger partial charge on any atom is -0.507 e. The zero-order valence-electron chi connectivity index (χ0n) is 15.8. The number of benzene rings is 1. The number of aromatic nitrogens is 2. The molecule has 3 aromatic rings. The lowest BCUT2D eigenvalue weighted by molar-refractivity contribution is 0.0744. The van der Waals surface area contributed by atoms with Gasteiger partial charge in [-0.25, -0.2) is 9.99 Å². The molecule has 4 rings (SSSR count). The van der Waals surface area contributed by atoms with Gasteiger partial charge in [0.15, 0.2) is 0 Å². The van der Waals surface area contributed by atoms with E-state index in [1.807, 2.05) is 25.1 Å². The molecule has 3 heterocycles. The highest BCUT2D eigenvalue weighted by molar-refractivity contribution is 8.14. The fraction of sp³-hybridized carbons (Fsp3) is 0.143. The Kier molecular flexibility index (Phi) is 5.18. The average molecular weight is 406 g/mol. The lowest BCUT2D eigenvalue weighted by Crippen LogP contribution is -2.26. The number of carbonyl (C=O) groups excluding carboxylic acids is 1. The van der Waals surface area contributed by atoms with E-state index in [-0.39, 0.29) is 11.3 Å². The molecule has 0 bridgehead atoms. The number of pyridine rings is 2. The van der Waals surface area contributed by atoms with E-state index in [9.17, 15) is 9.90 Å². The highest BCUT2D eigenvalue weighted by Crippen LogP contribution is 2.44. The number of hydrogen-bond acceptors (Lipinski definition) is 7. The van der Waals surface area contributed by atoms with Gasteiger partial charge in [-0.3, -0.25) is 9.78 Å². The van der Waals surface area contributed by atoms with Crippen molar-refractivity contribution in [3.63, 3.8) is 0 Å². The molecule has 1 aromatic carbocycles. The lowest BCUT2D eigenvalue weighted by atomic mass is 10.1. The first kappa shape index (κ1) is 18.9. The molecule has 0 fully saturated rings. The number of phenols is 1. The van der Waals surface area contributed by atoms with E-state index < -0.39 is 11.3 Å². The molecular weight excluding hydrogens is 388 g/mol. The fourth-order valence-electron chi connectivity index (χ4n) is 2.94. The van der Waals surface area contributed by atoms with Gasteiger partial charge < -0.3 is 9.84 Å². The van der Waals surface area contributed by atoms with Crippen molar-refractivity contribution in [2.45, 2.75) is 12.3 Å². The van der Waals surface area contributed by atoms with Crippen LogP contribution in [0.3, 0.4) is 0 Å². The molecule has 1 atom stereocenters. The second-order valence-corrected chi connectivity index (χ2v) is 7.40. The SMILES string of the molecule is COc1ncccc1C1SC(c2ccc(C)nc2)=NN1C(=O)c1ccccc1O. The highest BCUT2D eigenvalue weighted by Gasteiger charge is 2.37. The Labute approximate surface area is 172 Å². The monoisotopic (exact) mass is 406 g/mol. The van der Waals surface area contributed by atoms with Crippen LogP contribution in [-0.4, -0.2) is 38.1 Å². The van der Waals surface area contributed by atoms with Crippen LogP contribution in [0.4, 0.5) is 0 Å². The van der Waals surface area contributed by atoms with Gasteiger partial charge in [0.1, 0.15) is 16.2 Å². The Hall–Kier alpha value is -3.39. The summed E-state index contributed by atoms with van der Waals surface area (Å²) in [6, 6.07) is 13.9. The van der Waals surface area contributed by atoms with Gasteiger partial charge in [0.25, 0.3) is 5.91 Å². The number of methoxy groups -OCH3 is 1. The molecule has 1 unspecified atom stereocenters. The predicted octanol–water partition coefficient (Wildman–Crippen LogP) is 3.75. The van der Waals surface area contributed by atoms with E-state index >= 15 is 0 Å². The number of para-hydroxylation sites is 1. The summed E-state index contributed by atoms with van der Waals surface area (Å²) in [5, 5.41) is 16.2. The number of hydrogen-bond donors (Lipinski definition) is 1. The molecule has 0 saturated carbocycles. The molecule has 0 aliphatic carbocycles. The molecule has 1 aliphatic rings. The maximum absolute atomic E-state index is 13.3. The summed E-state index contributed by atoms with van der Waals surface area (Å²) >= 11 is 1.40. The van der Waals surface area contributed by atoms with Crippen molar-refractivity contribution in [3.8, 4) is 11.6 Å². The molecule has 7 nitrogen and oxygen atoms in total. The van der Waals surface area contributed by atoms with Gasteiger partial charge in [0.05, 0.1) is 12.7 Å². The van der Waals surface area contributed by atoms with Crippen LogP contribution in [0.15, 0.2) is 66.0 Å². The quantitative estimate of drug-likeness (QED) is 0.710. The van der Waals surface area contributed by atoms with E-state index in [0.717, 1.165) is 11.3 Å². The maximum atomic E-state index is 13.3. The van der Waals surface area contributed by atoms with Gasteiger partial charge >= 0.3 is 0 Å². The summed E-state index contributed by atoms with van der Waals surface area (Å²) in [5.74, 6) is -0.0970. The summed E-state index contributed by atoms with van der Waals surface area (Å²) < 4.78 is 5.40. The van der Waals surface area contributed by atoms with Crippen molar-refractivity contribution < 1.29 is 14.6 Å². The standard InChI is InChI=1S/C21H18N4O3S/c1-13-9-10-14(12-23-13)19-24-25(20(27)15-6-3-4-8-17(15)26)21(29-19)16-7-5-11-22-18(16)28-2/h3-12,21,26H,1-2H3. The van der Waals surface area contributed by atoms with Crippen LogP contribution in [0.25, 0.3) is 0 Å². The third-order valence-electron chi connectivity index (χ3n) is 4.40. The molecular formula is C21H18N4O3S. The molecule has 2 aromatic heterocycles. The Bertz CT molecular complexity index is 1090. The van der Waals surface area contributed by atoms with E-state index in [1.165, 1.54) is 29.9 Å². The zero-order valence-corrected chi connectivity index (χ0v) is 16.6. The Morgan fingerprint density at radius 2 is 1.97 bits per heavy atom. The number of carbonyl (C=O) groups is 1. The summed E-state index contributed by atoms with van der Waals surface area (Å²) in [6.07, 6.45) is 3.36. The van der Waals surface area contributed by atoms with Crippen molar-refractivity contribution >= 4 is 22.7 Å². The third-order valence-corrected chi connectivity index (χ3v) is 5.62. The number of thioether (sulfide) groups is 1. The van der Waals surface area contributed by atoms with E-state index in [1.54, 1.807) is 36.7 Å². The first-order valence-electron chi connectivity index (χ1n) is 8.87. The third kappa shape index (κ3) is 3.66. The van der Waals surface area contributed by atoms with Crippen LogP contribution in [-0.2, 0) is 0 Å². The summed E-state index contributed by atoms with van der Waals surface area (Å²) in [7, 11) is 1.53. The zero-order chi connectivity index (χ0) is 20.4. The van der Waals surface area contributed by atoms with Gasteiger partial charge in [-0.15, -0.1) is 0 Å². The predicted molar refractivity (Wildman–Crippen MR) is 111 cm³/mol. The number of amides is 1. The molecule has 1 N–H and O–H groups in total. The highest BCUT2D eigenvalue weighted by atomic mass is 32.2. The van der Waals surface area contributed by atoms with Crippen LogP contribution < -0.4 is 4.74 Å². The number of aromatic hydroxyl groups is 1. The number of ether oxygens (including phenoxy) is 1. The molecule has 1 amide bonds. The van der Waals surface area contributed by atoms with Crippen LogP contribution in [0.2, 0.25) is 0 Å². The van der Waals surface area contributed by atoms with Crippen molar-refractivity contribution in [1.82, 2.24) is 15.0 Å². The van der Waals surface area contributed by atoms with Crippen LogP contribution in [0, 0.1) is 6.92 Å². The van der Waals surface area contributed by atoms with Crippen LogP contribution in [0.5, 0.6) is 11.6 Å². The van der Waals surface area contributed by atoms with E-state index in [4.69, 9.17) is 4.74 Å². The largest absolute Gasteiger partial charge is 0.507 e. The summed E-state index contributed by atoms with van der Waals surface area (Å²) in [6.45, 7) is 1.91. The maximum Gasteiger partial charge on any atom is 0.279 e. The second kappa shape index (κ2) is 7.92. The topological polar surface area (TPSA) is 87.9 Å². The first-order chi connectivity index (χ1) is 14.1. The molecule has 29 heavy (non-hydrogen) atoms. The van der Waals surface area contributed by atoms with Crippen molar-refractivity contribution in [2.24, 2.45) is 5.10 Å². The lowest BCUT2D eigenvalue weighted by Gasteiger charge is -2.22. The minimum atomic E-state index is -0.498. The smallest absolute Gasteiger partial charge is 0.279 e. The molecule has 0 radical (unpaired) electrons. The fourth-order valence-corrected chi connectivity index (χ4v) is 4.09. The number of rotatable bonds is 4. The van der Waals surface area contributed by atoms with Gasteiger partial charge in [0, 0.05) is 29.2 Å². The molecule has 0 saturated heterocycles. The Morgan fingerprint density at radius 1 is 1.14 bits per heavy atom. The molecule has 146 valence electrons. The summed E-state index contributed by atoms with van der Waals surface area (Å²) in [5.41, 5.74) is 2.58. The molecule has 1 aliphatic heterocycles. The summed E-state index contributed by atoms with van der Waals surface area (Å²) in [4.78, 5) is 21.8. The molecule has 8 heteroatoms. The van der Waals surface area contributed by atoms with Crippen molar-refractivity contribution in [3.05, 3.63) is 83.3 Å². The van der Waals surface area contributed by atoms with Gasteiger partial charge in [-0.05, 0) is 43.3 Å². The van der Waals surface area contributed by atoms with Gasteiger partial charge in [-0.1, -0.05) is 23.9 Å². The second-order valence-electron chi connectivity index (χ2n) is 6.33. The van der Waals surface area contributed by atoms with Crippen molar-refractivity contribution in [1.29, 1.82) is 0 Å². The van der Waals surface area contributed by atoms with Crippen molar-refractivity contribution in [2.75, 3.05) is 7.11 Å².